The zero-order valence-corrected chi connectivity index (χ0v) is 26.2. The summed E-state index contributed by atoms with van der Waals surface area (Å²) in [7, 11) is 0. The second-order valence-corrected chi connectivity index (χ2v) is 12.3. The van der Waals surface area contributed by atoms with Crippen molar-refractivity contribution in [1.82, 2.24) is 5.48 Å². The molecule has 0 radical (unpaired) electrons. The van der Waals surface area contributed by atoms with Crippen molar-refractivity contribution < 1.29 is 24.2 Å². The maximum atomic E-state index is 13.4. The highest BCUT2D eigenvalue weighted by atomic mass is 17.3. The molecule has 5 rings (SSSR count). The van der Waals surface area contributed by atoms with Gasteiger partial charge in [-0.2, -0.15) is 5.48 Å². The minimum atomic E-state index is -0.721. The molecule has 1 aliphatic rings. The van der Waals surface area contributed by atoms with Crippen LogP contribution in [0.1, 0.15) is 77.4 Å². The van der Waals surface area contributed by atoms with Crippen molar-refractivity contribution in [1.29, 1.82) is 0 Å². The molecule has 0 aliphatic carbocycles. The molecular weight excluding hydrogens is 566 g/mol. The van der Waals surface area contributed by atoms with Crippen LogP contribution in [0.15, 0.2) is 91.0 Å². The minimum absolute atomic E-state index is 0.281. The SMILES string of the molecule is CC(C)(C)c1cc(-c2ccccc2CN)ccc1C(=O)OONC(=O)c1cc(N2CCCCC2)ccc1OCc1ccccc1. The summed E-state index contributed by atoms with van der Waals surface area (Å²) >= 11 is 0. The van der Waals surface area contributed by atoms with Crippen LogP contribution < -0.4 is 20.9 Å². The summed E-state index contributed by atoms with van der Waals surface area (Å²) in [5.74, 6) is -0.911. The third kappa shape index (κ3) is 7.90. The number of piperidine rings is 1. The minimum Gasteiger partial charge on any atom is -0.488 e. The summed E-state index contributed by atoms with van der Waals surface area (Å²) in [5, 5.41) is 0. The van der Waals surface area contributed by atoms with Gasteiger partial charge in [-0.15, -0.1) is 0 Å². The third-order valence-electron chi connectivity index (χ3n) is 8.01. The first-order valence-corrected chi connectivity index (χ1v) is 15.4. The van der Waals surface area contributed by atoms with Crippen LogP contribution in [0.3, 0.4) is 0 Å². The number of carbonyl (C=O) groups is 2. The summed E-state index contributed by atoms with van der Waals surface area (Å²) in [5.41, 5.74) is 14.1. The largest absolute Gasteiger partial charge is 0.488 e. The van der Waals surface area contributed by atoms with Crippen molar-refractivity contribution >= 4 is 17.6 Å². The average molecular weight is 608 g/mol. The molecule has 0 aromatic heterocycles. The quantitative estimate of drug-likeness (QED) is 0.146. The Kier molecular flexibility index (Phi) is 10.2. The van der Waals surface area contributed by atoms with Crippen molar-refractivity contribution in [2.45, 2.75) is 58.6 Å². The third-order valence-corrected chi connectivity index (χ3v) is 8.01. The molecule has 0 unspecified atom stereocenters. The molecule has 0 spiro atoms. The Morgan fingerprint density at radius 3 is 2.31 bits per heavy atom. The number of amides is 1. The van der Waals surface area contributed by atoms with Crippen LogP contribution >= 0.6 is 0 Å². The van der Waals surface area contributed by atoms with Crippen molar-refractivity contribution in [3.63, 3.8) is 0 Å². The maximum absolute atomic E-state index is 13.4. The van der Waals surface area contributed by atoms with Gasteiger partial charge in [-0.25, -0.2) is 4.79 Å². The van der Waals surface area contributed by atoms with Crippen molar-refractivity contribution in [3.05, 3.63) is 119 Å². The number of nitrogens with one attached hydrogen (secondary N) is 1. The zero-order chi connectivity index (χ0) is 31.8. The molecule has 1 saturated heterocycles. The first-order valence-electron chi connectivity index (χ1n) is 15.4. The van der Waals surface area contributed by atoms with Gasteiger partial charge >= 0.3 is 5.97 Å². The number of hydrogen-bond acceptors (Lipinski definition) is 7. The molecule has 45 heavy (non-hydrogen) atoms. The molecular formula is C37H41N3O5. The van der Waals surface area contributed by atoms with Gasteiger partial charge in [0.05, 0.1) is 11.1 Å². The molecule has 0 saturated carbocycles. The Hall–Kier alpha value is -4.66. The average Bonchev–Trinajstić information content (AvgIpc) is 3.07. The van der Waals surface area contributed by atoms with Crippen LogP contribution in [-0.4, -0.2) is 25.0 Å². The number of rotatable bonds is 10. The van der Waals surface area contributed by atoms with Crippen LogP contribution in [0, 0.1) is 0 Å². The Labute approximate surface area is 265 Å². The molecule has 0 atom stereocenters. The first-order chi connectivity index (χ1) is 21.7. The highest BCUT2D eigenvalue weighted by Crippen LogP contribution is 2.33. The van der Waals surface area contributed by atoms with E-state index in [1.54, 1.807) is 18.2 Å². The number of ether oxygens (including phenoxy) is 1. The second kappa shape index (κ2) is 14.4. The van der Waals surface area contributed by atoms with Crippen LogP contribution in [-0.2, 0) is 28.4 Å². The summed E-state index contributed by atoms with van der Waals surface area (Å²) in [6.45, 7) is 8.60. The number of nitrogens with two attached hydrogens (primary N) is 1. The lowest BCUT2D eigenvalue weighted by Crippen LogP contribution is -2.30. The van der Waals surface area contributed by atoms with Gasteiger partial charge in [0.25, 0.3) is 5.91 Å². The molecule has 1 fully saturated rings. The lowest BCUT2D eigenvalue weighted by atomic mass is 9.81. The highest BCUT2D eigenvalue weighted by Gasteiger charge is 2.25. The number of carbonyl (C=O) groups excluding carboxylic acids is 2. The van der Waals surface area contributed by atoms with Gasteiger partial charge in [0.1, 0.15) is 12.4 Å². The molecule has 234 valence electrons. The zero-order valence-electron chi connectivity index (χ0n) is 26.2. The predicted octanol–water partition coefficient (Wildman–Crippen LogP) is 7.11. The van der Waals surface area contributed by atoms with E-state index in [9.17, 15) is 9.59 Å². The fourth-order valence-electron chi connectivity index (χ4n) is 5.59. The van der Waals surface area contributed by atoms with Gasteiger partial charge in [-0.3, -0.25) is 9.68 Å². The van der Waals surface area contributed by atoms with E-state index in [0.29, 0.717) is 24.5 Å². The number of anilines is 1. The van der Waals surface area contributed by atoms with E-state index in [1.165, 1.54) is 6.42 Å². The van der Waals surface area contributed by atoms with Crippen molar-refractivity contribution in [2.75, 3.05) is 18.0 Å². The van der Waals surface area contributed by atoms with Gasteiger partial charge < -0.3 is 15.4 Å². The summed E-state index contributed by atoms with van der Waals surface area (Å²) in [6, 6.07) is 28.8. The van der Waals surface area contributed by atoms with E-state index in [0.717, 1.165) is 59.4 Å². The summed E-state index contributed by atoms with van der Waals surface area (Å²) in [4.78, 5) is 39.0. The molecule has 0 bridgehead atoms. The monoisotopic (exact) mass is 607 g/mol. The molecule has 1 heterocycles. The summed E-state index contributed by atoms with van der Waals surface area (Å²) < 4.78 is 6.05. The second-order valence-electron chi connectivity index (χ2n) is 12.3. The molecule has 4 aromatic rings. The number of hydroxylamine groups is 1. The maximum Gasteiger partial charge on any atom is 0.376 e. The van der Waals surface area contributed by atoms with Gasteiger partial charge in [0, 0.05) is 25.3 Å². The van der Waals surface area contributed by atoms with Gasteiger partial charge in [0.15, 0.2) is 0 Å². The van der Waals surface area contributed by atoms with E-state index in [1.807, 2.05) is 93.6 Å². The molecule has 4 aromatic carbocycles. The van der Waals surface area contributed by atoms with E-state index in [2.05, 4.69) is 10.4 Å². The van der Waals surface area contributed by atoms with E-state index in [4.69, 9.17) is 20.3 Å². The topological polar surface area (TPSA) is 103 Å². The molecule has 1 amide bonds. The normalized spacial score (nSPS) is 13.3. The first kappa shape index (κ1) is 31.8. The van der Waals surface area contributed by atoms with Crippen molar-refractivity contribution in [3.8, 4) is 16.9 Å². The van der Waals surface area contributed by atoms with Gasteiger partial charge in [-0.1, -0.05) is 86.4 Å². The standard InChI is InChI=1S/C37H41N3O5/c1-37(2,3)33-22-27(30-15-9-8-14-28(30)24-38)16-18-31(33)36(42)44-45-39-35(41)32-23-29(40-20-10-5-11-21-40)17-19-34(32)43-25-26-12-6-4-7-13-26/h4,6-9,12-19,22-23H,5,10-11,20-21,24-25,38H2,1-3H3,(H,39,41). The number of hydrogen-bond donors (Lipinski definition) is 2. The highest BCUT2D eigenvalue weighted by molar-refractivity contribution is 5.97. The molecule has 8 nitrogen and oxygen atoms in total. The fourth-order valence-corrected chi connectivity index (χ4v) is 5.59. The van der Waals surface area contributed by atoms with Crippen LogP contribution in [0.4, 0.5) is 5.69 Å². The Balaban J connectivity index is 1.31. The Morgan fingerprint density at radius 2 is 1.58 bits per heavy atom. The smallest absolute Gasteiger partial charge is 0.376 e. The van der Waals surface area contributed by atoms with Gasteiger partial charge in [0.2, 0.25) is 0 Å². The molecule has 8 heteroatoms. The fraction of sp³-hybridized carbons (Fsp3) is 0.297. The lowest BCUT2D eigenvalue weighted by molar-refractivity contribution is -0.273. The number of nitrogens with zero attached hydrogens (tertiary/aromatic N) is 1. The van der Waals surface area contributed by atoms with Crippen LogP contribution in [0.5, 0.6) is 5.75 Å². The van der Waals surface area contributed by atoms with Gasteiger partial charge in [-0.05, 0) is 82.8 Å². The Morgan fingerprint density at radius 1 is 0.844 bits per heavy atom. The van der Waals surface area contributed by atoms with E-state index < -0.39 is 11.9 Å². The lowest BCUT2D eigenvalue weighted by Gasteiger charge is -2.29. The van der Waals surface area contributed by atoms with E-state index in [-0.39, 0.29) is 11.0 Å². The summed E-state index contributed by atoms with van der Waals surface area (Å²) in [6.07, 6.45) is 3.40. The van der Waals surface area contributed by atoms with E-state index >= 15 is 0 Å². The Bertz CT molecular complexity index is 1630. The van der Waals surface area contributed by atoms with Crippen LogP contribution in [0.2, 0.25) is 0 Å². The molecule has 1 aliphatic heterocycles. The molecule has 3 N–H and O–H groups in total. The predicted molar refractivity (Wildman–Crippen MR) is 176 cm³/mol. The van der Waals surface area contributed by atoms with Crippen LogP contribution in [0.25, 0.3) is 11.1 Å². The van der Waals surface area contributed by atoms with Crippen molar-refractivity contribution in [2.24, 2.45) is 5.73 Å². The number of benzene rings is 4.